The number of aromatic nitrogens is 2. The lowest BCUT2D eigenvalue weighted by Crippen LogP contribution is -2.14. The van der Waals surface area contributed by atoms with E-state index in [1.165, 1.54) is 6.42 Å². The molecule has 1 atom stereocenters. The van der Waals surface area contributed by atoms with E-state index in [1.807, 2.05) is 25.1 Å². The van der Waals surface area contributed by atoms with Crippen LogP contribution in [0.4, 0.5) is 5.69 Å². The summed E-state index contributed by atoms with van der Waals surface area (Å²) in [5.74, 6) is 1.63. The van der Waals surface area contributed by atoms with Crippen LogP contribution in [0, 0.1) is 12.8 Å². The average molecular weight is 345 g/mol. The number of aromatic amines is 1. The van der Waals surface area contributed by atoms with E-state index in [2.05, 4.69) is 20.6 Å². The molecule has 0 bridgehead atoms. The molecule has 1 aromatic heterocycles. The Kier molecular flexibility index (Phi) is 7.13. The minimum atomic E-state index is 0. The average Bonchev–Trinajstić information content (AvgIpc) is 3.04. The molecular formula is C15H22Cl2N4O. The second-order valence-corrected chi connectivity index (χ2v) is 5.50. The SMILES string of the molecule is Cc1nc2ccc(NC(=O)CCC3CCNC3)cc2[nH]1.Cl.Cl. The monoisotopic (exact) mass is 344 g/mol. The fourth-order valence-corrected chi connectivity index (χ4v) is 2.73. The van der Waals surface area contributed by atoms with Crippen molar-refractivity contribution in [2.75, 3.05) is 18.4 Å². The minimum absolute atomic E-state index is 0. The van der Waals surface area contributed by atoms with Crippen molar-refractivity contribution in [3.8, 4) is 0 Å². The molecule has 3 N–H and O–H groups in total. The van der Waals surface area contributed by atoms with Crippen molar-refractivity contribution in [1.29, 1.82) is 0 Å². The van der Waals surface area contributed by atoms with Gasteiger partial charge in [0, 0.05) is 12.1 Å². The molecule has 1 saturated heterocycles. The number of amides is 1. The van der Waals surface area contributed by atoms with Gasteiger partial charge in [-0.3, -0.25) is 4.79 Å². The van der Waals surface area contributed by atoms with Crippen molar-refractivity contribution in [2.24, 2.45) is 5.92 Å². The Morgan fingerprint density at radius 1 is 1.41 bits per heavy atom. The number of nitrogens with zero attached hydrogens (tertiary/aromatic N) is 1. The van der Waals surface area contributed by atoms with Gasteiger partial charge in [0.1, 0.15) is 5.82 Å². The van der Waals surface area contributed by atoms with Crippen LogP contribution in [0.5, 0.6) is 0 Å². The number of hydrogen-bond donors (Lipinski definition) is 3. The van der Waals surface area contributed by atoms with Crippen molar-refractivity contribution in [3.63, 3.8) is 0 Å². The summed E-state index contributed by atoms with van der Waals surface area (Å²) in [6.07, 6.45) is 2.74. The fraction of sp³-hybridized carbons (Fsp3) is 0.467. The number of H-pyrrole nitrogens is 1. The number of aryl methyl sites for hydroxylation is 1. The quantitative estimate of drug-likeness (QED) is 0.798. The van der Waals surface area contributed by atoms with Crippen molar-refractivity contribution in [3.05, 3.63) is 24.0 Å². The summed E-state index contributed by atoms with van der Waals surface area (Å²) in [5, 5.41) is 6.29. The van der Waals surface area contributed by atoms with Crippen LogP contribution in [0.1, 0.15) is 25.1 Å². The first-order chi connectivity index (χ1) is 9.70. The second kappa shape index (κ2) is 8.36. The molecule has 7 heteroatoms. The molecule has 22 heavy (non-hydrogen) atoms. The first-order valence-corrected chi connectivity index (χ1v) is 7.17. The van der Waals surface area contributed by atoms with E-state index < -0.39 is 0 Å². The first-order valence-electron chi connectivity index (χ1n) is 7.17. The van der Waals surface area contributed by atoms with E-state index in [-0.39, 0.29) is 30.7 Å². The summed E-state index contributed by atoms with van der Waals surface area (Å²) in [6.45, 7) is 4.06. The van der Waals surface area contributed by atoms with E-state index in [4.69, 9.17) is 0 Å². The molecule has 3 rings (SSSR count). The lowest BCUT2D eigenvalue weighted by Gasteiger charge is -2.08. The molecule has 1 unspecified atom stereocenters. The fourth-order valence-electron chi connectivity index (χ4n) is 2.73. The van der Waals surface area contributed by atoms with Crippen LogP contribution in [-0.2, 0) is 4.79 Å². The van der Waals surface area contributed by atoms with Crippen molar-refractivity contribution in [2.45, 2.75) is 26.2 Å². The van der Waals surface area contributed by atoms with E-state index in [9.17, 15) is 4.79 Å². The van der Waals surface area contributed by atoms with Crippen molar-refractivity contribution in [1.82, 2.24) is 15.3 Å². The van der Waals surface area contributed by atoms with Crippen molar-refractivity contribution >= 4 is 47.4 Å². The van der Waals surface area contributed by atoms with Gasteiger partial charge in [-0.15, -0.1) is 24.8 Å². The maximum absolute atomic E-state index is 12.0. The number of halogens is 2. The molecule has 2 aromatic rings. The molecule has 0 spiro atoms. The predicted molar refractivity (Wildman–Crippen MR) is 94.2 cm³/mol. The van der Waals surface area contributed by atoms with Crippen LogP contribution in [0.2, 0.25) is 0 Å². The Labute approximate surface area is 142 Å². The summed E-state index contributed by atoms with van der Waals surface area (Å²) in [6, 6.07) is 5.76. The zero-order valence-electron chi connectivity index (χ0n) is 12.5. The predicted octanol–water partition coefficient (Wildman–Crippen LogP) is 3.04. The molecule has 1 aliphatic heterocycles. The minimum Gasteiger partial charge on any atom is -0.342 e. The summed E-state index contributed by atoms with van der Waals surface area (Å²) < 4.78 is 0. The second-order valence-electron chi connectivity index (χ2n) is 5.50. The maximum atomic E-state index is 12.0. The van der Waals surface area contributed by atoms with Gasteiger partial charge in [0.2, 0.25) is 5.91 Å². The largest absolute Gasteiger partial charge is 0.342 e. The Balaban J connectivity index is 0.00000121. The zero-order valence-corrected chi connectivity index (χ0v) is 14.1. The Morgan fingerprint density at radius 3 is 2.95 bits per heavy atom. The summed E-state index contributed by atoms with van der Waals surface area (Å²) >= 11 is 0. The molecule has 2 heterocycles. The highest BCUT2D eigenvalue weighted by Gasteiger charge is 2.15. The van der Waals surface area contributed by atoms with Gasteiger partial charge in [0.25, 0.3) is 0 Å². The van der Waals surface area contributed by atoms with Crippen molar-refractivity contribution < 1.29 is 4.79 Å². The first kappa shape index (κ1) is 18.7. The molecule has 0 saturated carbocycles. The van der Waals surface area contributed by atoms with Crippen LogP contribution < -0.4 is 10.6 Å². The molecule has 122 valence electrons. The number of rotatable bonds is 4. The number of carbonyl (C=O) groups is 1. The summed E-state index contributed by atoms with van der Waals surface area (Å²) in [7, 11) is 0. The van der Waals surface area contributed by atoms with Gasteiger partial charge in [0.05, 0.1) is 11.0 Å². The number of carbonyl (C=O) groups excluding carboxylic acids is 1. The molecule has 0 aliphatic carbocycles. The Bertz CT molecular complexity index is 623. The van der Waals surface area contributed by atoms with Crippen LogP contribution in [-0.4, -0.2) is 29.0 Å². The van der Waals surface area contributed by atoms with Gasteiger partial charge < -0.3 is 15.6 Å². The summed E-state index contributed by atoms with van der Waals surface area (Å²) in [4.78, 5) is 19.5. The number of anilines is 1. The van der Waals surface area contributed by atoms with E-state index >= 15 is 0 Å². The standard InChI is InChI=1S/C15H20N4O.2ClH/c1-10-17-13-4-3-12(8-14(13)18-10)19-15(20)5-2-11-6-7-16-9-11;;/h3-4,8,11,16H,2,5-7,9H2,1H3,(H,17,18)(H,19,20);2*1H. The molecule has 1 fully saturated rings. The van der Waals surface area contributed by atoms with Gasteiger partial charge in [-0.25, -0.2) is 4.98 Å². The number of fused-ring (bicyclic) bond motifs is 1. The lowest BCUT2D eigenvalue weighted by molar-refractivity contribution is -0.116. The smallest absolute Gasteiger partial charge is 0.224 e. The summed E-state index contributed by atoms with van der Waals surface area (Å²) in [5.41, 5.74) is 2.72. The molecule has 1 aliphatic rings. The molecule has 0 radical (unpaired) electrons. The number of benzene rings is 1. The third kappa shape index (κ3) is 4.60. The highest BCUT2D eigenvalue weighted by atomic mass is 35.5. The molecular weight excluding hydrogens is 323 g/mol. The van der Waals surface area contributed by atoms with Gasteiger partial charge in [-0.1, -0.05) is 0 Å². The van der Waals surface area contributed by atoms with Gasteiger partial charge in [0.15, 0.2) is 0 Å². The van der Waals surface area contributed by atoms with Gasteiger partial charge in [-0.2, -0.15) is 0 Å². The Morgan fingerprint density at radius 2 is 2.23 bits per heavy atom. The lowest BCUT2D eigenvalue weighted by atomic mass is 10.0. The molecule has 1 aromatic carbocycles. The highest BCUT2D eigenvalue weighted by molar-refractivity contribution is 5.93. The molecule has 1 amide bonds. The van der Waals surface area contributed by atoms with Gasteiger partial charge in [-0.05, 0) is 57.0 Å². The van der Waals surface area contributed by atoms with Crippen LogP contribution in [0.25, 0.3) is 11.0 Å². The van der Waals surface area contributed by atoms with E-state index in [0.29, 0.717) is 12.3 Å². The number of imidazole rings is 1. The molecule has 5 nitrogen and oxygen atoms in total. The van der Waals surface area contributed by atoms with Crippen LogP contribution in [0.3, 0.4) is 0 Å². The number of hydrogen-bond acceptors (Lipinski definition) is 3. The van der Waals surface area contributed by atoms with Crippen LogP contribution >= 0.6 is 24.8 Å². The zero-order chi connectivity index (χ0) is 13.9. The Hall–Kier alpha value is -1.30. The highest BCUT2D eigenvalue weighted by Crippen LogP contribution is 2.18. The normalized spacial score (nSPS) is 16.9. The topological polar surface area (TPSA) is 69.8 Å². The van der Waals surface area contributed by atoms with E-state index in [0.717, 1.165) is 42.1 Å². The van der Waals surface area contributed by atoms with Crippen LogP contribution in [0.15, 0.2) is 18.2 Å². The van der Waals surface area contributed by atoms with Gasteiger partial charge >= 0.3 is 0 Å². The number of nitrogens with one attached hydrogen (secondary N) is 3. The third-order valence-corrected chi connectivity index (χ3v) is 3.83. The van der Waals surface area contributed by atoms with E-state index in [1.54, 1.807) is 0 Å². The maximum Gasteiger partial charge on any atom is 0.224 e. The third-order valence-electron chi connectivity index (χ3n) is 3.83.